The molecule has 0 bridgehead atoms. The molecule has 0 radical (unpaired) electrons. The fraction of sp³-hybridized carbons (Fsp3) is 0.500. The van der Waals surface area contributed by atoms with Crippen molar-refractivity contribution in [3.8, 4) is 0 Å². The zero-order chi connectivity index (χ0) is 17.7. The number of aliphatic hydroxyl groups excluding tert-OH is 1. The summed E-state index contributed by atoms with van der Waals surface area (Å²) in [4.78, 5) is 0. The van der Waals surface area contributed by atoms with Crippen LogP contribution in [-0.4, -0.2) is 16.6 Å². The molecule has 0 aromatic carbocycles. The van der Waals surface area contributed by atoms with Gasteiger partial charge < -0.3 is 5.11 Å². The molecule has 0 saturated carbocycles. The highest BCUT2D eigenvalue weighted by atomic mass is 32.1. The second kappa shape index (κ2) is 19.8. The van der Waals surface area contributed by atoms with Gasteiger partial charge in [0.2, 0.25) is 0 Å². The smallest absolute Gasteiger partial charge is 0.0582 e. The molecule has 0 amide bonds. The van der Waals surface area contributed by atoms with Crippen molar-refractivity contribution in [3.63, 3.8) is 0 Å². The molecule has 0 saturated heterocycles. The minimum atomic E-state index is -0.259. The number of thiocarbonyl (C=S) groups is 1. The molecule has 0 aliphatic carbocycles. The maximum atomic E-state index is 9.53. The van der Waals surface area contributed by atoms with E-state index in [1.54, 1.807) is 5.37 Å². The lowest BCUT2D eigenvalue weighted by atomic mass is 10.1. The van der Waals surface area contributed by atoms with Gasteiger partial charge in [0.15, 0.2) is 0 Å². The molecule has 24 heavy (non-hydrogen) atoms. The highest BCUT2D eigenvalue weighted by molar-refractivity contribution is 7.78. The summed E-state index contributed by atoms with van der Waals surface area (Å²) < 4.78 is 0. The third-order valence-electron chi connectivity index (χ3n) is 3.43. The first-order valence-electron chi connectivity index (χ1n) is 9.17. The quantitative estimate of drug-likeness (QED) is 0.203. The van der Waals surface area contributed by atoms with E-state index in [0.717, 1.165) is 51.4 Å². The van der Waals surface area contributed by atoms with E-state index in [9.17, 15) is 5.11 Å². The molecule has 0 heterocycles. The second-order valence-electron chi connectivity index (χ2n) is 5.70. The Morgan fingerprint density at radius 3 is 1.67 bits per heavy atom. The summed E-state index contributed by atoms with van der Waals surface area (Å²) in [7, 11) is 0. The lowest BCUT2D eigenvalue weighted by molar-refractivity contribution is 0.171. The molecule has 1 atom stereocenters. The van der Waals surface area contributed by atoms with Crippen molar-refractivity contribution in [2.45, 2.75) is 70.8 Å². The summed E-state index contributed by atoms with van der Waals surface area (Å²) in [5, 5.41) is 11.1. The molecule has 0 aromatic heterocycles. The van der Waals surface area contributed by atoms with Crippen LogP contribution in [0.3, 0.4) is 0 Å². The fourth-order valence-corrected chi connectivity index (χ4v) is 2.29. The average molecular weight is 347 g/mol. The third-order valence-corrected chi connectivity index (χ3v) is 3.63. The molecule has 2 heteroatoms. The maximum absolute atomic E-state index is 9.53. The monoisotopic (exact) mass is 346 g/mol. The Balaban J connectivity index is 3.48. The van der Waals surface area contributed by atoms with E-state index in [0.29, 0.717) is 6.42 Å². The van der Waals surface area contributed by atoms with Crippen LogP contribution in [0, 0.1) is 0 Å². The van der Waals surface area contributed by atoms with Gasteiger partial charge in [-0.3, -0.25) is 0 Å². The van der Waals surface area contributed by atoms with E-state index in [-0.39, 0.29) is 6.10 Å². The van der Waals surface area contributed by atoms with E-state index in [2.05, 4.69) is 67.7 Å². The molecule has 1 unspecified atom stereocenters. The molecule has 134 valence electrons. The lowest BCUT2D eigenvalue weighted by Crippen LogP contribution is -2.05. The predicted molar refractivity (Wildman–Crippen MR) is 113 cm³/mol. The van der Waals surface area contributed by atoms with Crippen LogP contribution >= 0.6 is 12.2 Å². The Labute approximate surface area is 154 Å². The maximum Gasteiger partial charge on any atom is 0.0582 e. The van der Waals surface area contributed by atoms with E-state index in [1.807, 2.05) is 0 Å². The molecule has 0 spiro atoms. The van der Waals surface area contributed by atoms with Gasteiger partial charge in [0, 0.05) is 6.42 Å². The van der Waals surface area contributed by atoms with Crippen LogP contribution < -0.4 is 0 Å². The van der Waals surface area contributed by atoms with Gasteiger partial charge in [0.1, 0.15) is 0 Å². The minimum absolute atomic E-state index is 0.259. The van der Waals surface area contributed by atoms with Gasteiger partial charge in [0.05, 0.1) is 6.10 Å². The molecule has 0 aliphatic heterocycles. The summed E-state index contributed by atoms with van der Waals surface area (Å²) in [5.41, 5.74) is 0. The van der Waals surface area contributed by atoms with E-state index in [4.69, 9.17) is 12.2 Å². The van der Waals surface area contributed by atoms with E-state index in [1.165, 1.54) is 0 Å². The van der Waals surface area contributed by atoms with Gasteiger partial charge in [-0.25, -0.2) is 0 Å². The zero-order valence-corrected chi connectivity index (χ0v) is 16.0. The Morgan fingerprint density at radius 2 is 1.21 bits per heavy atom. The van der Waals surface area contributed by atoms with Gasteiger partial charge in [-0.1, -0.05) is 79.9 Å². The Morgan fingerprint density at radius 1 is 0.750 bits per heavy atom. The van der Waals surface area contributed by atoms with Crippen molar-refractivity contribution in [1.82, 2.24) is 0 Å². The Bertz CT molecular complexity index is 416. The number of hydrogen-bond donors (Lipinski definition) is 1. The van der Waals surface area contributed by atoms with Gasteiger partial charge in [-0.05, 0) is 56.7 Å². The highest BCUT2D eigenvalue weighted by Gasteiger charge is 1.99. The highest BCUT2D eigenvalue weighted by Crippen LogP contribution is 2.04. The Kier molecular flexibility index (Phi) is 18.8. The largest absolute Gasteiger partial charge is 0.393 e. The van der Waals surface area contributed by atoms with Crippen molar-refractivity contribution >= 4 is 17.6 Å². The van der Waals surface area contributed by atoms with Gasteiger partial charge in [-0.2, -0.15) is 0 Å². The summed E-state index contributed by atoms with van der Waals surface area (Å²) in [6.07, 6.45) is 30.5. The summed E-state index contributed by atoms with van der Waals surface area (Å²) in [6, 6.07) is 0. The van der Waals surface area contributed by atoms with Gasteiger partial charge in [-0.15, -0.1) is 0 Å². The molecule has 1 nitrogen and oxygen atoms in total. The first-order chi connectivity index (χ1) is 11.8. The van der Waals surface area contributed by atoms with Crippen LogP contribution in [0.2, 0.25) is 0 Å². The van der Waals surface area contributed by atoms with Crippen molar-refractivity contribution in [2.24, 2.45) is 0 Å². The molecular formula is C22H34OS. The summed E-state index contributed by atoms with van der Waals surface area (Å²) >= 11 is 4.73. The first kappa shape index (κ1) is 22.8. The molecule has 0 rings (SSSR count). The standard InChI is InChI=1S/C22H34OS/c1-2-3-4-5-6-7-8-9-10-11-12-13-14-15-16-17-18-19-22(23)20-21-24/h3-4,6-7,9-10,12-13,15-16,21-23H,2,5,8,11,14,17-20H2,1H3. The fourth-order valence-electron chi connectivity index (χ4n) is 2.07. The molecule has 1 N–H and O–H groups in total. The van der Waals surface area contributed by atoms with Crippen LogP contribution in [0.4, 0.5) is 0 Å². The van der Waals surface area contributed by atoms with Crippen LogP contribution in [0.1, 0.15) is 64.7 Å². The van der Waals surface area contributed by atoms with Crippen molar-refractivity contribution < 1.29 is 5.11 Å². The third kappa shape index (κ3) is 18.8. The van der Waals surface area contributed by atoms with Crippen LogP contribution in [0.25, 0.3) is 0 Å². The minimum Gasteiger partial charge on any atom is -0.393 e. The zero-order valence-electron chi connectivity index (χ0n) is 15.1. The molecule has 0 aromatic rings. The van der Waals surface area contributed by atoms with Crippen LogP contribution in [0.15, 0.2) is 60.8 Å². The normalized spacial score (nSPS) is 14.1. The number of aliphatic hydroxyl groups is 1. The predicted octanol–water partition coefficient (Wildman–Crippen LogP) is 6.66. The lowest BCUT2D eigenvalue weighted by Gasteiger charge is -2.04. The molecular weight excluding hydrogens is 312 g/mol. The van der Waals surface area contributed by atoms with Gasteiger partial charge in [0.25, 0.3) is 0 Å². The Hall–Kier alpha value is -1.25. The molecule has 0 aliphatic rings. The van der Waals surface area contributed by atoms with Gasteiger partial charge >= 0.3 is 0 Å². The number of rotatable bonds is 15. The number of unbranched alkanes of at least 4 members (excludes halogenated alkanes) is 1. The number of allylic oxidation sites excluding steroid dienone is 10. The molecule has 0 fully saturated rings. The van der Waals surface area contributed by atoms with Crippen molar-refractivity contribution in [1.29, 1.82) is 0 Å². The average Bonchev–Trinajstić information content (AvgIpc) is 2.58. The summed E-state index contributed by atoms with van der Waals surface area (Å²) in [5.74, 6) is 0. The first-order valence-corrected chi connectivity index (χ1v) is 9.65. The van der Waals surface area contributed by atoms with Crippen LogP contribution in [0.5, 0.6) is 0 Å². The van der Waals surface area contributed by atoms with Crippen molar-refractivity contribution in [2.75, 3.05) is 0 Å². The SMILES string of the molecule is CCC=CCC=CCC=CCC=CCC=CCCCC(O)CC=S. The number of hydrogen-bond acceptors (Lipinski definition) is 2. The van der Waals surface area contributed by atoms with Crippen LogP contribution in [-0.2, 0) is 0 Å². The van der Waals surface area contributed by atoms with Crippen molar-refractivity contribution in [3.05, 3.63) is 60.8 Å². The van der Waals surface area contributed by atoms with E-state index < -0.39 is 0 Å². The van der Waals surface area contributed by atoms with E-state index >= 15 is 0 Å². The summed E-state index contributed by atoms with van der Waals surface area (Å²) in [6.45, 7) is 2.15. The topological polar surface area (TPSA) is 20.2 Å². The second-order valence-corrected chi connectivity index (χ2v) is 6.03.